The lowest BCUT2D eigenvalue weighted by Crippen LogP contribution is -2.36. The summed E-state index contributed by atoms with van der Waals surface area (Å²) in [4.78, 5) is 12.4. The van der Waals surface area contributed by atoms with Crippen LogP contribution < -0.4 is 10.1 Å². The second kappa shape index (κ2) is 8.32. The molecule has 152 valence electrons. The Morgan fingerprint density at radius 2 is 1.83 bits per heavy atom. The number of nitrogens with zero attached hydrogens (tertiary/aromatic N) is 4. The first kappa shape index (κ1) is 19.6. The predicted molar refractivity (Wildman–Crippen MR) is 114 cm³/mol. The van der Waals surface area contributed by atoms with Crippen molar-refractivity contribution in [2.24, 2.45) is 0 Å². The van der Waals surface area contributed by atoms with E-state index in [4.69, 9.17) is 4.74 Å². The molecular weight excluding hydrogens is 378 g/mol. The van der Waals surface area contributed by atoms with E-state index < -0.39 is 6.10 Å². The number of aryl methyl sites for hydroxylation is 2. The normalized spacial score (nSPS) is 12.0. The molecule has 0 spiro atoms. The molecule has 2 heterocycles. The minimum Gasteiger partial charge on any atom is -0.481 e. The number of amides is 1. The fourth-order valence-corrected chi connectivity index (χ4v) is 3.06. The lowest BCUT2D eigenvalue weighted by Gasteiger charge is -2.14. The summed E-state index contributed by atoms with van der Waals surface area (Å²) >= 11 is 0. The van der Waals surface area contributed by atoms with Crippen LogP contribution in [0.15, 0.2) is 60.7 Å². The number of hydrogen-bond donors (Lipinski definition) is 1. The molecule has 2 aromatic carbocycles. The number of benzene rings is 2. The molecule has 0 radical (unpaired) electrons. The lowest BCUT2D eigenvalue weighted by molar-refractivity contribution is -0.127. The predicted octanol–water partition coefficient (Wildman–Crippen LogP) is 3.49. The van der Waals surface area contributed by atoms with Gasteiger partial charge in [-0.25, -0.2) is 0 Å². The highest BCUT2D eigenvalue weighted by atomic mass is 16.5. The van der Waals surface area contributed by atoms with Crippen LogP contribution in [-0.2, 0) is 11.3 Å². The van der Waals surface area contributed by atoms with E-state index in [2.05, 4.69) is 46.6 Å². The van der Waals surface area contributed by atoms with Gasteiger partial charge in [0.1, 0.15) is 5.75 Å². The van der Waals surface area contributed by atoms with Crippen LogP contribution >= 0.6 is 0 Å². The summed E-state index contributed by atoms with van der Waals surface area (Å²) in [5, 5.41) is 15.8. The molecule has 0 saturated carbocycles. The molecule has 1 atom stereocenters. The molecular formula is C23H23N5O2. The third-order valence-electron chi connectivity index (χ3n) is 4.98. The highest BCUT2D eigenvalue weighted by Gasteiger charge is 2.16. The number of nitrogens with one attached hydrogen (secondary N) is 1. The molecule has 0 bridgehead atoms. The number of fused-ring (bicyclic) bond motifs is 1. The maximum absolute atomic E-state index is 12.4. The monoisotopic (exact) mass is 401 g/mol. The summed E-state index contributed by atoms with van der Waals surface area (Å²) in [5.41, 5.74) is 4.91. The van der Waals surface area contributed by atoms with E-state index in [0.29, 0.717) is 17.2 Å². The number of hydrogen-bond acceptors (Lipinski definition) is 5. The number of carbonyl (C=O) groups is 1. The van der Waals surface area contributed by atoms with E-state index >= 15 is 0 Å². The summed E-state index contributed by atoms with van der Waals surface area (Å²) in [6.07, 6.45) is -0.634. The Bertz CT molecular complexity index is 1190. The number of aromatic nitrogens is 4. The first-order valence-electron chi connectivity index (χ1n) is 9.79. The highest BCUT2D eigenvalue weighted by molar-refractivity contribution is 5.80. The Morgan fingerprint density at radius 1 is 1.03 bits per heavy atom. The van der Waals surface area contributed by atoms with E-state index in [1.165, 1.54) is 11.1 Å². The van der Waals surface area contributed by atoms with Crippen molar-refractivity contribution >= 4 is 11.6 Å². The largest absolute Gasteiger partial charge is 0.481 e. The van der Waals surface area contributed by atoms with Gasteiger partial charge in [0.25, 0.3) is 5.91 Å². The van der Waals surface area contributed by atoms with Crippen molar-refractivity contribution in [1.82, 2.24) is 25.1 Å². The van der Waals surface area contributed by atoms with Crippen molar-refractivity contribution in [3.63, 3.8) is 0 Å². The second-order valence-electron chi connectivity index (χ2n) is 7.19. The first-order chi connectivity index (χ1) is 14.5. The van der Waals surface area contributed by atoms with E-state index in [0.717, 1.165) is 11.3 Å². The smallest absolute Gasteiger partial charge is 0.261 e. The van der Waals surface area contributed by atoms with E-state index in [1.807, 2.05) is 48.5 Å². The third-order valence-corrected chi connectivity index (χ3v) is 4.98. The molecule has 0 aliphatic carbocycles. The van der Waals surface area contributed by atoms with Gasteiger partial charge in [0.2, 0.25) is 0 Å². The molecule has 1 amide bonds. The molecule has 2 aromatic heterocycles. The topological polar surface area (TPSA) is 81.4 Å². The summed E-state index contributed by atoms with van der Waals surface area (Å²) in [5.74, 6) is 0.963. The molecule has 1 N–H and O–H groups in total. The van der Waals surface area contributed by atoms with Gasteiger partial charge < -0.3 is 10.1 Å². The van der Waals surface area contributed by atoms with E-state index in [9.17, 15) is 4.79 Å². The second-order valence-corrected chi connectivity index (χ2v) is 7.19. The van der Waals surface area contributed by atoms with Gasteiger partial charge in [0.05, 0.1) is 12.2 Å². The number of carbonyl (C=O) groups excluding carboxylic acids is 1. The molecule has 30 heavy (non-hydrogen) atoms. The SMILES string of the molecule is Cc1ccc(-c2ccc3nnc(CNC(=O)[C@@H](C)Oc4ccccc4)n3n2)cc1C. The van der Waals surface area contributed by atoms with Crippen molar-refractivity contribution in [2.45, 2.75) is 33.4 Å². The van der Waals surface area contributed by atoms with Gasteiger partial charge in [-0.3, -0.25) is 4.79 Å². The van der Waals surface area contributed by atoms with Crippen molar-refractivity contribution in [3.8, 4) is 17.0 Å². The van der Waals surface area contributed by atoms with Gasteiger partial charge in [-0.15, -0.1) is 10.2 Å². The van der Waals surface area contributed by atoms with Gasteiger partial charge in [-0.05, 0) is 62.2 Å². The molecule has 0 aliphatic rings. The molecule has 0 fully saturated rings. The van der Waals surface area contributed by atoms with Crippen molar-refractivity contribution < 1.29 is 9.53 Å². The molecule has 0 aliphatic heterocycles. The Hall–Kier alpha value is -3.74. The lowest BCUT2D eigenvalue weighted by atomic mass is 10.0. The van der Waals surface area contributed by atoms with E-state index in [-0.39, 0.29) is 12.5 Å². The fraction of sp³-hybridized carbons (Fsp3) is 0.217. The van der Waals surface area contributed by atoms with Crippen LogP contribution in [0.5, 0.6) is 5.75 Å². The van der Waals surface area contributed by atoms with Crippen LogP contribution in [0, 0.1) is 13.8 Å². The highest BCUT2D eigenvalue weighted by Crippen LogP contribution is 2.20. The van der Waals surface area contributed by atoms with Gasteiger partial charge >= 0.3 is 0 Å². The fourth-order valence-electron chi connectivity index (χ4n) is 3.06. The number of ether oxygens (including phenoxy) is 1. The van der Waals surface area contributed by atoms with Gasteiger partial charge in [0, 0.05) is 5.56 Å². The summed E-state index contributed by atoms with van der Waals surface area (Å²) in [6, 6.07) is 19.3. The summed E-state index contributed by atoms with van der Waals surface area (Å²) in [7, 11) is 0. The zero-order valence-corrected chi connectivity index (χ0v) is 17.2. The molecule has 0 unspecified atom stereocenters. The zero-order chi connectivity index (χ0) is 21.1. The average Bonchev–Trinajstić information content (AvgIpc) is 3.17. The minimum absolute atomic E-state index is 0.200. The maximum atomic E-state index is 12.4. The summed E-state index contributed by atoms with van der Waals surface area (Å²) < 4.78 is 7.32. The Labute approximate surface area is 174 Å². The molecule has 4 aromatic rings. The molecule has 7 nitrogen and oxygen atoms in total. The number of rotatable bonds is 6. The zero-order valence-electron chi connectivity index (χ0n) is 17.2. The van der Waals surface area contributed by atoms with Crippen molar-refractivity contribution in [3.05, 3.63) is 77.6 Å². The third kappa shape index (κ3) is 4.15. The van der Waals surface area contributed by atoms with Gasteiger partial charge in [-0.1, -0.05) is 30.3 Å². The Balaban J connectivity index is 1.49. The maximum Gasteiger partial charge on any atom is 0.261 e. The first-order valence-corrected chi connectivity index (χ1v) is 9.79. The average molecular weight is 401 g/mol. The Kier molecular flexibility index (Phi) is 5.43. The van der Waals surface area contributed by atoms with Crippen LogP contribution in [-0.4, -0.2) is 31.8 Å². The Morgan fingerprint density at radius 3 is 2.60 bits per heavy atom. The van der Waals surface area contributed by atoms with Crippen molar-refractivity contribution in [2.75, 3.05) is 0 Å². The van der Waals surface area contributed by atoms with Gasteiger partial charge in [-0.2, -0.15) is 9.61 Å². The minimum atomic E-state index is -0.634. The quantitative estimate of drug-likeness (QED) is 0.535. The van der Waals surface area contributed by atoms with Crippen LogP contribution in [0.3, 0.4) is 0 Å². The van der Waals surface area contributed by atoms with Crippen LogP contribution in [0.4, 0.5) is 0 Å². The van der Waals surface area contributed by atoms with Crippen LogP contribution in [0.2, 0.25) is 0 Å². The number of para-hydroxylation sites is 1. The van der Waals surface area contributed by atoms with Gasteiger partial charge in [0.15, 0.2) is 17.6 Å². The molecule has 7 heteroatoms. The van der Waals surface area contributed by atoms with Crippen molar-refractivity contribution in [1.29, 1.82) is 0 Å². The van der Waals surface area contributed by atoms with Crippen LogP contribution in [0.25, 0.3) is 16.9 Å². The molecule has 0 saturated heterocycles. The molecule has 4 rings (SSSR count). The van der Waals surface area contributed by atoms with Crippen LogP contribution in [0.1, 0.15) is 23.9 Å². The standard InChI is InChI=1S/C23H23N5O2/c1-15-9-10-18(13-16(15)2)20-11-12-21-25-26-22(28(21)27-20)14-24-23(29)17(3)30-19-7-5-4-6-8-19/h4-13,17H,14H2,1-3H3,(H,24,29)/t17-/m1/s1. The van der Waals surface area contributed by atoms with E-state index in [1.54, 1.807) is 11.4 Å². The summed E-state index contributed by atoms with van der Waals surface area (Å²) in [6.45, 7) is 6.07.